The molecule has 0 bridgehead atoms. The molecule has 3 aromatic carbocycles. The Morgan fingerprint density at radius 3 is 2.55 bits per heavy atom. The first-order chi connectivity index (χ1) is 20.4. The van der Waals surface area contributed by atoms with Crippen LogP contribution in [0.5, 0.6) is 0 Å². The van der Waals surface area contributed by atoms with E-state index >= 15 is 0 Å². The first kappa shape index (κ1) is 28.2. The molecule has 2 atom stereocenters. The molecule has 216 valence electrons. The minimum Gasteiger partial charge on any atom is -0.376 e. The number of nitrogens with zero attached hydrogens (tertiary/aromatic N) is 3. The van der Waals surface area contributed by atoms with Gasteiger partial charge in [0.25, 0.3) is 0 Å². The van der Waals surface area contributed by atoms with Crippen molar-refractivity contribution in [2.45, 2.75) is 45.0 Å². The summed E-state index contributed by atoms with van der Waals surface area (Å²) in [5, 5.41) is 8.09. The molecule has 2 aliphatic heterocycles. The number of carbonyl (C=O) groups is 2. The third kappa shape index (κ3) is 5.61. The maximum atomic E-state index is 14.0. The van der Waals surface area contributed by atoms with E-state index in [-0.39, 0.29) is 35.5 Å². The number of benzene rings is 3. The first-order valence-corrected chi connectivity index (χ1v) is 15.6. The second kappa shape index (κ2) is 12.2. The number of amides is 2. The molecule has 0 unspecified atom stereocenters. The molecule has 6 rings (SSSR count). The Balaban J connectivity index is 1.55. The number of rotatable bonds is 7. The van der Waals surface area contributed by atoms with Gasteiger partial charge in [0.1, 0.15) is 12.4 Å². The second-order valence-corrected chi connectivity index (χ2v) is 12.2. The maximum absolute atomic E-state index is 14.0. The van der Waals surface area contributed by atoms with Crippen LogP contribution in [-0.2, 0) is 14.3 Å². The van der Waals surface area contributed by atoms with Gasteiger partial charge in [-0.25, -0.2) is 4.68 Å². The summed E-state index contributed by atoms with van der Waals surface area (Å²) < 4.78 is 7.59. The third-order valence-electron chi connectivity index (χ3n) is 8.04. The van der Waals surface area contributed by atoms with Gasteiger partial charge in [0.05, 0.1) is 28.5 Å². The fourth-order valence-electron chi connectivity index (χ4n) is 5.90. The number of ether oxygens (including phenoxy) is 1. The number of fused-ring (bicyclic) bond motifs is 1. The predicted octanol–water partition coefficient (Wildman–Crippen LogP) is 5.93. The predicted molar refractivity (Wildman–Crippen MR) is 168 cm³/mol. The lowest BCUT2D eigenvalue weighted by molar-refractivity contribution is -0.123. The topological polar surface area (TPSA) is 76.5 Å². The van der Waals surface area contributed by atoms with Crippen LogP contribution < -0.4 is 10.2 Å². The van der Waals surface area contributed by atoms with Crippen molar-refractivity contribution in [3.63, 3.8) is 0 Å². The van der Waals surface area contributed by atoms with Gasteiger partial charge in [0.2, 0.25) is 11.8 Å². The largest absolute Gasteiger partial charge is 0.376 e. The highest BCUT2D eigenvalue weighted by Crippen LogP contribution is 2.49. The Morgan fingerprint density at radius 1 is 1.02 bits per heavy atom. The number of hydrogen-bond donors (Lipinski definition) is 1. The molecule has 1 fully saturated rings. The van der Waals surface area contributed by atoms with Crippen LogP contribution in [0.25, 0.3) is 16.9 Å². The van der Waals surface area contributed by atoms with Crippen LogP contribution in [0.3, 0.4) is 0 Å². The van der Waals surface area contributed by atoms with Crippen LogP contribution in [0.1, 0.15) is 45.9 Å². The molecule has 0 saturated carbocycles. The Hall–Kier alpha value is -3.88. The Bertz CT molecular complexity index is 1610. The molecule has 2 aliphatic rings. The number of anilines is 1. The Kier molecular flexibility index (Phi) is 8.18. The van der Waals surface area contributed by atoms with Gasteiger partial charge in [-0.2, -0.15) is 5.10 Å². The Morgan fingerprint density at radius 2 is 1.81 bits per heavy atom. The van der Waals surface area contributed by atoms with Gasteiger partial charge in [-0.3, -0.25) is 14.5 Å². The number of aromatic nitrogens is 2. The van der Waals surface area contributed by atoms with Gasteiger partial charge in [0, 0.05) is 24.3 Å². The molecule has 4 aromatic rings. The molecule has 42 heavy (non-hydrogen) atoms. The average Bonchev–Trinajstić information content (AvgIpc) is 3.62. The van der Waals surface area contributed by atoms with Gasteiger partial charge in [-0.05, 0) is 56.4 Å². The van der Waals surface area contributed by atoms with Gasteiger partial charge >= 0.3 is 0 Å². The highest BCUT2D eigenvalue weighted by molar-refractivity contribution is 8.00. The van der Waals surface area contributed by atoms with Gasteiger partial charge in [-0.1, -0.05) is 72.3 Å². The highest BCUT2D eigenvalue weighted by atomic mass is 32.2. The van der Waals surface area contributed by atoms with E-state index in [0.717, 1.165) is 64.2 Å². The maximum Gasteiger partial charge on any atom is 0.240 e. The lowest BCUT2D eigenvalue weighted by atomic mass is 9.96. The molecule has 7 nitrogen and oxygen atoms in total. The monoisotopic (exact) mass is 580 g/mol. The quantitative estimate of drug-likeness (QED) is 0.293. The fraction of sp³-hybridized carbons (Fsp3) is 0.324. The molecule has 0 spiro atoms. The minimum absolute atomic E-state index is 0.0238. The molecule has 1 aromatic heterocycles. The number of carbonyl (C=O) groups excluding carboxylic acids is 2. The van der Waals surface area contributed by atoms with E-state index in [9.17, 15) is 9.59 Å². The zero-order chi connectivity index (χ0) is 29.2. The van der Waals surface area contributed by atoms with E-state index in [1.165, 1.54) is 0 Å². The minimum atomic E-state index is -0.209. The second-order valence-electron chi connectivity index (χ2n) is 11.1. The molecule has 8 heteroatoms. The normalized spacial score (nSPS) is 18.5. The number of hydrogen-bond acceptors (Lipinski definition) is 5. The fourth-order valence-corrected chi connectivity index (χ4v) is 7.19. The molecular formula is C34H36N4O3S. The first-order valence-electron chi connectivity index (χ1n) is 14.5. The zero-order valence-electron chi connectivity index (χ0n) is 24.3. The van der Waals surface area contributed by atoms with E-state index in [2.05, 4.69) is 62.5 Å². The van der Waals surface area contributed by atoms with Crippen molar-refractivity contribution in [1.82, 2.24) is 15.1 Å². The van der Waals surface area contributed by atoms with Crippen molar-refractivity contribution in [2.24, 2.45) is 0 Å². The van der Waals surface area contributed by atoms with Crippen LogP contribution >= 0.6 is 11.8 Å². The van der Waals surface area contributed by atoms with E-state index in [4.69, 9.17) is 9.84 Å². The van der Waals surface area contributed by atoms with Crippen LogP contribution in [0.2, 0.25) is 0 Å². The van der Waals surface area contributed by atoms with Crippen LogP contribution in [0, 0.1) is 20.8 Å². The molecule has 1 saturated heterocycles. The summed E-state index contributed by atoms with van der Waals surface area (Å²) in [4.78, 5) is 29.0. The lowest BCUT2D eigenvalue weighted by Crippen LogP contribution is -2.44. The average molecular weight is 581 g/mol. The summed E-state index contributed by atoms with van der Waals surface area (Å²) >= 11 is 1.59. The summed E-state index contributed by atoms with van der Waals surface area (Å²) in [5.41, 5.74) is 8.07. The summed E-state index contributed by atoms with van der Waals surface area (Å²) in [7, 11) is 0. The SMILES string of the molecule is Cc1ccc(-n2nc(-c3ccccc3)c3c2N(CC(=O)NC[C@@H]2CCCO2)C(=O)CS[C@@H]3c2ccccc2C)c(C)c1. The van der Waals surface area contributed by atoms with Gasteiger partial charge in [0.15, 0.2) is 0 Å². The zero-order valence-corrected chi connectivity index (χ0v) is 25.1. The molecule has 2 amide bonds. The standard InChI is InChI=1S/C34H36N4O3S/c1-22-15-16-28(24(3)18-22)38-34-31(32(36-38)25-11-5-4-6-12-25)33(27-14-8-7-10-23(27)2)42-21-30(40)37(34)20-29(39)35-19-26-13-9-17-41-26/h4-8,10-12,14-16,18,26,33H,9,13,17,19-21H2,1-3H3,(H,35,39)/t26-,33+/m0/s1. The van der Waals surface area contributed by atoms with E-state index in [1.807, 2.05) is 41.1 Å². The molecule has 0 aliphatic carbocycles. The summed E-state index contributed by atoms with van der Waals surface area (Å²) in [5.74, 6) is 0.568. The van der Waals surface area contributed by atoms with Crippen molar-refractivity contribution in [3.8, 4) is 16.9 Å². The number of thioether (sulfide) groups is 1. The smallest absolute Gasteiger partial charge is 0.240 e. The van der Waals surface area contributed by atoms with Crippen molar-refractivity contribution >= 4 is 29.4 Å². The van der Waals surface area contributed by atoms with E-state index in [0.29, 0.717) is 12.4 Å². The van der Waals surface area contributed by atoms with E-state index in [1.54, 1.807) is 16.7 Å². The lowest BCUT2D eigenvalue weighted by Gasteiger charge is -2.24. The summed E-state index contributed by atoms with van der Waals surface area (Å²) in [6.07, 6.45) is 1.96. The van der Waals surface area contributed by atoms with Gasteiger partial charge < -0.3 is 10.1 Å². The molecule has 1 N–H and O–H groups in total. The van der Waals surface area contributed by atoms with Crippen LogP contribution in [-0.4, -0.2) is 53.1 Å². The molecule has 0 radical (unpaired) electrons. The Labute approximate surface area is 251 Å². The van der Waals surface area contributed by atoms with Crippen molar-refractivity contribution in [1.29, 1.82) is 0 Å². The number of nitrogens with one attached hydrogen (secondary N) is 1. The molecular weight excluding hydrogens is 544 g/mol. The van der Waals surface area contributed by atoms with Crippen molar-refractivity contribution in [3.05, 3.63) is 101 Å². The molecule has 3 heterocycles. The van der Waals surface area contributed by atoms with Gasteiger partial charge in [-0.15, -0.1) is 11.8 Å². The number of aryl methyl sites for hydroxylation is 3. The summed E-state index contributed by atoms with van der Waals surface area (Å²) in [6, 6.07) is 24.7. The summed E-state index contributed by atoms with van der Waals surface area (Å²) in [6.45, 7) is 7.31. The van der Waals surface area contributed by atoms with E-state index < -0.39 is 0 Å². The van der Waals surface area contributed by atoms with Crippen molar-refractivity contribution in [2.75, 3.05) is 30.3 Å². The van der Waals surface area contributed by atoms with Crippen LogP contribution in [0.15, 0.2) is 72.8 Å². The third-order valence-corrected chi connectivity index (χ3v) is 9.28. The van der Waals surface area contributed by atoms with Crippen molar-refractivity contribution < 1.29 is 14.3 Å². The van der Waals surface area contributed by atoms with Crippen LogP contribution in [0.4, 0.5) is 5.82 Å². The highest BCUT2D eigenvalue weighted by Gasteiger charge is 2.38.